The van der Waals surface area contributed by atoms with E-state index >= 15 is 0 Å². The Labute approximate surface area is 201 Å². The zero-order valence-electron chi connectivity index (χ0n) is 19.5. The van der Waals surface area contributed by atoms with Crippen LogP contribution in [0.5, 0.6) is 5.75 Å². The van der Waals surface area contributed by atoms with Crippen molar-refractivity contribution >= 4 is 17.2 Å². The van der Waals surface area contributed by atoms with E-state index in [4.69, 9.17) is 14.5 Å². The van der Waals surface area contributed by atoms with Crippen molar-refractivity contribution in [2.45, 2.75) is 74.8 Å². The number of imidazole rings is 1. The summed E-state index contributed by atoms with van der Waals surface area (Å²) in [6, 6.07) is 4.54. The van der Waals surface area contributed by atoms with E-state index in [0.29, 0.717) is 30.0 Å². The van der Waals surface area contributed by atoms with Crippen LogP contribution in [0.15, 0.2) is 41.6 Å². The Balaban J connectivity index is 1.23. The second-order valence-corrected chi connectivity index (χ2v) is 10.9. The number of carbonyl (C=O) groups is 1. The number of alkyl halides is 1. The van der Waals surface area contributed by atoms with Crippen LogP contribution in [0.4, 0.5) is 10.1 Å². The minimum Gasteiger partial charge on any atom is -0.489 e. The van der Waals surface area contributed by atoms with Gasteiger partial charge in [0.25, 0.3) is 11.5 Å². The third-order valence-corrected chi connectivity index (χ3v) is 8.07. The van der Waals surface area contributed by atoms with Crippen molar-refractivity contribution in [3.63, 3.8) is 0 Å². The molecule has 0 spiro atoms. The second kappa shape index (κ2) is 7.16. The van der Waals surface area contributed by atoms with Gasteiger partial charge in [-0.3, -0.25) is 9.59 Å². The molecule has 3 aromatic rings. The highest BCUT2D eigenvalue weighted by Gasteiger charge is 2.61. The fourth-order valence-electron chi connectivity index (χ4n) is 5.85. The maximum atomic E-state index is 13.5. The lowest BCUT2D eigenvalue weighted by Gasteiger charge is -2.41. The molecule has 2 saturated heterocycles. The molecule has 8 nitrogen and oxygen atoms in total. The SMILES string of the molecule is CC12CC(c3cn4cc(C(=O)Nc5cccn(C6CC6F)c5=O)c(OC5CCC5)cc4n3)(CO1)C2. The molecule has 8 rings (SSSR count). The number of halogens is 1. The Morgan fingerprint density at radius 1 is 1.31 bits per heavy atom. The normalized spacial score (nSPS) is 31.1. The van der Waals surface area contributed by atoms with Crippen LogP contribution in [-0.4, -0.2) is 44.3 Å². The van der Waals surface area contributed by atoms with Crippen LogP contribution >= 0.6 is 0 Å². The van der Waals surface area contributed by atoms with Gasteiger partial charge in [0.05, 0.1) is 35.6 Å². The number of pyridine rings is 2. The van der Waals surface area contributed by atoms with Crippen molar-refractivity contribution in [1.29, 1.82) is 0 Å². The van der Waals surface area contributed by atoms with Crippen molar-refractivity contribution in [3.8, 4) is 5.75 Å². The van der Waals surface area contributed by atoms with E-state index in [2.05, 4.69) is 12.2 Å². The van der Waals surface area contributed by atoms with Gasteiger partial charge in [-0.15, -0.1) is 0 Å². The Kier molecular flexibility index (Phi) is 4.32. The Bertz CT molecular complexity index is 1420. The number of ether oxygens (including phenoxy) is 2. The highest BCUT2D eigenvalue weighted by molar-refractivity contribution is 6.06. The van der Waals surface area contributed by atoms with E-state index < -0.39 is 23.7 Å². The summed E-state index contributed by atoms with van der Waals surface area (Å²) in [4.78, 5) is 31.1. The van der Waals surface area contributed by atoms with Gasteiger partial charge in [0.2, 0.25) is 0 Å². The summed E-state index contributed by atoms with van der Waals surface area (Å²) >= 11 is 0. The maximum absolute atomic E-state index is 13.5. The lowest BCUT2D eigenvalue weighted by Crippen LogP contribution is -2.45. The Morgan fingerprint density at radius 2 is 2.11 bits per heavy atom. The van der Waals surface area contributed by atoms with Crippen molar-refractivity contribution < 1.29 is 18.7 Å². The summed E-state index contributed by atoms with van der Waals surface area (Å²) in [6.07, 6.45) is 9.51. The largest absolute Gasteiger partial charge is 0.489 e. The molecular weight excluding hydrogens is 451 g/mol. The lowest BCUT2D eigenvalue weighted by molar-refractivity contribution is 0.0154. The van der Waals surface area contributed by atoms with Crippen molar-refractivity contribution in [2.24, 2.45) is 0 Å². The standard InChI is InChI=1S/C26H27FN4O4/c1-25-12-26(13-25,14-34-25)21-11-30-10-16(20(9-22(30)29-21)35-15-4-2-5-15)23(32)28-18-6-3-7-31(24(18)33)19-8-17(19)27/h3,6-7,9-11,15,17,19H,2,4-5,8,12-14H2,1H3,(H,28,32). The van der Waals surface area contributed by atoms with Gasteiger partial charge in [-0.05, 0) is 51.2 Å². The molecule has 1 N–H and O–H groups in total. The van der Waals surface area contributed by atoms with E-state index in [1.54, 1.807) is 24.5 Å². The minimum atomic E-state index is -1.02. The van der Waals surface area contributed by atoms with Gasteiger partial charge in [0.15, 0.2) is 0 Å². The first-order valence-corrected chi connectivity index (χ1v) is 12.3. The number of aromatic nitrogens is 3. The molecule has 3 aromatic heterocycles. The van der Waals surface area contributed by atoms with Crippen LogP contribution in [0.2, 0.25) is 0 Å². The molecule has 9 heteroatoms. The average molecular weight is 479 g/mol. The zero-order valence-corrected chi connectivity index (χ0v) is 19.5. The van der Waals surface area contributed by atoms with E-state index in [9.17, 15) is 14.0 Å². The summed E-state index contributed by atoms with van der Waals surface area (Å²) in [7, 11) is 0. The number of rotatable bonds is 6. The van der Waals surface area contributed by atoms with Gasteiger partial charge in [-0.2, -0.15) is 0 Å². The highest BCUT2D eigenvalue weighted by atomic mass is 19.1. The van der Waals surface area contributed by atoms with Gasteiger partial charge in [-0.25, -0.2) is 9.37 Å². The van der Waals surface area contributed by atoms with E-state index in [1.807, 2.05) is 16.7 Å². The molecule has 5 heterocycles. The fourth-order valence-corrected chi connectivity index (χ4v) is 5.85. The molecule has 2 bridgehead atoms. The molecule has 5 aliphatic rings. The summed E-state index contributed by atoms with van der Waals surface area (Å²) in [5.41, 5.74) is 1.60. The number of carbonyl (C=O) groups excluding carboxylic acids is 1. The third kappa shape index (κ3) is 3.31. The number of nitrogens with zero attached hydrogens (tertiary/aromatic N) is 3. The van der Waals surface area contributed by atoms with Crippen LogP contribution in [0.1, 0.15) is 67.5 Å². The summed E-state index contributed by atoms with van der Waals surface area (Å²) in [5, 5.41) is 2.73. The molecule has 3 aliphatic carbocycles. The Morgan fingerprint density at radius 3 is 2.77 bits per heavy atom. The van der Waals surface area contributed by atoms with Crippen LogP contribution < -0.4 is 15.6 Å². The van der Waals surface area contributed by atoms with Crippen molar-refractivity contribution in [2.75, 3.05) is 11.9 Å². The fraction of sp³-hybridized carbons (Fsp3) is 0.500. The van der Waals surface area contributed by atoms with Crippen molar-refractivity contribution in [1.82, 2.24) is 14.0 Å². The second-order valence-electron chi connectivity index (χ2n) is 10.9. The minimum absolute atomic E-state index is 0.0510. The average Bonchev–Trinajstić information content (AvgIpc) is 3.10. The summed E-state index contributed by atoms with van der Waals surface area (Å²) in [6.45, 7) is 2.79. The molecule has 5 fully saturated rings. The first kappa shape index (κ1) is 21.1. The maximum Gasteiger partial charge on any atom is 0.274 e. The molecule has 0 radical (unpaired) electrons. The third-order valence-electron chi connectivity index (χ3n) is 8.07. The molecule has 35 heavy (non-hydrogen) atoms. The molecule has 2 unspecified atom stereocenters. The topological polar surface area (TPSA) is 86.9 Å². The molecule has 2 atom stereocenters. The van der Waals surface area contributed by atoms with Crippen molar-refractivity contribution in [3.05, 3.63) is 58.4 Å². The molecular formula is C26H27FN4O4. The van der Waals surface area contributed by atoms with Gasteiger partial charge < -0.3 is 23.8 Å². The quantitative estimate of drug-likeness (QED) is 0.583. The molecule has 2 aliphatic heterocycles. The highest BCUT2D eigenvalue weighted by Crippen LogP contribution is 2.58. The van der Waals surface area contributed by atoms with Gasteiger partial charge in [0.1, 0.15) is 23.3 Å². The lowest BCUT2D eigenvalue weighted by atomic mass is 9.62. The summed E-state index contributed by atoms with van der Waals surface area (Å²) < 4.78 is 28.9. The predicted molar refractivity (Wildman–Crippen MR) is 126 cm³/mol. The van der Waals surface area contributed by atoms with Gasteiger partial charge in [-0.1, -0.05) is 0 Å². The smallest absolute Gasteiger partial charge is 0.274 e. The number of fused-ring (bicyclic) bond motifs is 2. The number of hydrogen-bond donors (Lipinski definition) is 1. The monoisotopic (exact) mass is 478 g/mol. The number of hydrogen-bond acceptors (Lipinski definition) is 5. The number of amides is 1. The molecule has 3 saturated carbocycles. The van der Waals surface area contributed by atoms with Crippen LogP contribution in [-0.2, 0) is 10.2 Å². The van der Waals surface area contributed by atoms with Gasteiger partial charge >= 0.3 is 0 Å². The first-order chi connectivity index (χ1) is 16.8. The Hall–Kier alpha value is -3.20. The zero-order chi connectivity index (χ0) is 23.9. The number of nitrogens with one attached hydrogen (secondary N) is 1. The predicted octanol–water partition coefficient (Wildman–Crippen LogP) is 3.78. The van der Waals surface area contributed by atoms with Crippen LogP contribution in [0.3, 0.4) is 0 Å². The molecule has 0 aromatic carbocycles. The first-order valence-electron chi connectivity index (χ1n) is 12.3. The number of anilines is 1. The molecule has 1 amide bonds. The van der Waals surface area contributed by atoms with E-state index in [0.717, 1.165) is 37.8 Å². The molecule has 182 valence electrons. The van der Waals surface area contributed by atoms with Gasteiger partial charge in [0, 0.05) is 36.5 Å². The van der Waals surface area contributed by atoms with Crippen LogP contribution in [0, 0.1) is 0 Å². The van der Waals surface area contributed by atoms with E-state index in [-0.39, 0.29) is 22.8 Å². The van der Waals surface area contributed by atoms with Crippen LogP contribution in [0.25, 0.3) is 5.65 Å². The van der Waals surface area contributed by atoms with E-state index in [1.165, 1.54) is 4.57 Å². The summed E-state index contributed by atoms with van der Waals surface area (Å²) in [5.74, 6) is 0.00948.